The molecule has 0 atom stereocenters. The van der Waals surface area contributed by atoms with Crippen molar-refractivity contribution in [1.82, 2.24) is 24.5 Å². The number of carbonyl (C=O) groups is 1. The summed E-state index contributed by atoms with van der Waals surface area (Å²) in [6.45, 7) is 3.83. The highest BCUT2D eigenvalue weighted by Gasteiger charge is 2.25. The number of likely N-dealkylation sites (tertiary alicyclic amines) is 1. The fraction of sp³-hybridized carbons (Fsp3) is 0.429. The summed E-state index contributed by atoms with van der Waals surface area (Å²) in [5, 5.41) is 9.64. The van der Waals surface area contributed by atoms with Crippen LogP contribution in [0.2, 0.25) is 0 Å². The van der Waals surface area contributed by atoms with Crippen LogP contribution in [0.4, 0.5) is 0 Å². The van der Waals surface area contributed by atoms with Crippen LogP contribution in [0, 0.1) is 12.8 Å². The van der Waals surface area contributed by atoms with Gasteiger partial charge < -0.3 is 9.64 Å². The second-order valence-corrected chi connectivity index (χ2v) is 7.60. The number of fused-ring (bicyclic) bond motifs is 1. The van der Waals surface area contributed by atoms with Crippen LogP contribution in [-0.4, -0.2) is 50.6 Å². The molecule has 1 amide bonds. The molecule has 8 heteroatoms. The van der Waals surface area contributed by atoms with Crippen molar-refractivity contribution < 1.29 is 9.53 Å². The Hall–Kier alpha value is -3.16. The summed E-state index contributed by atoms with van der Waals surface area (Å²) in [6.07, 6.45) is 1.71. The standard InChI is InChI=1S/C21H25N5O3/c1-14-4-7-19(27)26(22-14)13-15-8-10-25(11-9-15)20(28)16-5-6-17-18(12-16)23-24(2)21(17)29-3/h4-7,12,15H,8-11,13H2,1-3H3. The summed E-state index contributed by atoms with van der Waals surface area (Å²) < 4.78 is 8.58. The van der Waals surface area contributed by atoms with Gasteiger partial charge in [0.05, 0.1) is 23.7 Å². The van der Waals surface area contributed by atoms with Gasteiger partial charge in [0.1, 0.15) is 0 Å². The van der Waals surface area contributed by atoms with Gasteiger partial charge in [-0.3, -0.25) is 9.59 Å². The molecule has 1 fully saturated rings. The molecule has 0 N–H and O–H groups in total. The van der Waals surface area contributed by atoms with Gasteiger partial charge in [0, 0.05) is 38.3 Å². The summed E-state index contributed by atoms with van der Waals surface area (Å²) >= 11 is 0. The Kier molecular flexibility index (Phi) is 5.08. The highest BCUT2D eigenvalue weighted by molar-refractivity contribution is 5.98. The quantitative estimate of drug-likeness (QED) is 0.675. The number of amides is 1. The predicted molar refractivity (Wildman–Crippen MR) is 109 cm³/mol. The van der Waals surface area contributed by atoms with Gasteiger partial charge in [-0.1, -0.05) is 0 Å². The number of methoxy groups -OCH3 is 1. The van der Waals surface area contributed by atoms with Crippen molar-refractivity contribution in [1.29, 1.82) is 0 Å². The van der Waals surface area contributed by atoms with E-state index in [1.54, 1.807) is 28.6 Å². The van der Waals surface area contributed by atoms with Crippen LogP contribution < -0.4 is 10.3 Å². The highest BCUT2D eigenvalue weighted by Crippen LogP contribution is 2.26. The first-order chi connectivity index (χ1) is 14.0. The molecular formula is C21H25N5O3. The van der Waals surface area contributed by atoms with Gasteiger partial charge in [-0.05, 0) is 49.9 Å². The van der Waals surface area contributed by atoms with Crippen molar-refractivity contribution >= 4 is 16.8 Å². The molecule has 1 aromatic carbocycles. The third kappa shape index (κ3) is 3.74. The molecule has 4 rings (SSSR count). The minimum atomic E-state index is -0.0757. The van der Waals surface area contributed by atoms with Gasteiger partial charge in [-0.2, -0.15) is 10.2 Å². The van der Waals surface area contributed by atoms with Crippen LogP contribution in [0.3, 0.4) is 0 Å². The van der Waals surface area contributed by atoms with Crippen molar-refractivity contribution in [2.75, 3.05) is 20.2 Å². The Bertz CT molecular complexity index is 1110. The van der Waals surface area contributed by atoms with Crippen molar-refractivity contribution in [3.8, 4) is 5.88 Å². The smallest absolute Gasteiger partial charge is 0.266 e. The summed E-state index contributed by atoms with van der Waals surface area (Å²) in [6, 6.07) is 8.83. The third-order valence-electron chi connectivity index (χ3n) is 5.55. The van der Waals surface area contributed by atoms with E-state index in [4.69, 9.17) is 4.74 Å². The van der Waals surface area contributed by atoms with Crippen LogP contribution in [0.25, 0.3) is 10.9 Å². The molecule has 0 unspecified atom stereocenters. The van der Waals surface area contributed by atoms with Gasteiger partial charge in [-0.25, -0.2) is 9.36 Å². The number of hydrogen-bond acceptors (Lipinski definition) is 5. The van der Waals surface area contributed by atoms with E-state index in [0.717, 1.165) is 29.4 Å². The van der Waals surface area contributed by atoms with Crippen molar-refractivity contribution in [3.05, 3.63) is 51.9 Å². The highest BCUT2D eigenvalue weighted by atomic mass is 16.5. The summed E-state index contributed by atoms with van der Waals surface area (Å²) in [5.74, 6) is 1.04. The molecule has 8 nitrogen and oxygen atoms in total. The number of ether oxygens (including phenoxy) is 1. The molecule has 3 aromatic rings. The lowest BCUT2D eigenvalue weighted by Gasteiger charge is -2.32. The zero-order valence-corrected chi connectivity index (χ0v) is 17.0. The first-order valence-corrected chi connectivity index (χ1v) is 9.81. The van der Waals surface area contributed by atoms with E-state index in [-0.39, 0.29) is 11.5 Å². The van der Waals surface area contributed by atoms with Crippen LogP contribution in [0.5, 0.6) is 5.88 Å². The van der Waals surface area contributed by atoms with E-state index in [0.29, 0.717) is 37.0 Å². The number of aryl methyl sites for hydroxylation is 2. The van der Waals surface area contributed by atoms with Crippen LogP contribution in [-0.2, 0) is 13.6 Å². The van der Waals surface area contributed by atoms with Crippen molar-refractivity contribution in [2.45, 2.75) is 26.3 Å². The normalized spacial score (nSPS) is 15.1. The summed E-state index contributed by atoms with van der Waals surface area (Å²) in [4.78, 5) is 26.8. The van der Waals surface area contributed by atoms with Crippen molar-refractivity contribution in [3.63, 3.8) is 0 Å². The van der Waals surface area contributed by atoms with E-state index in [1.165, 1.54) is 0 Å². The zero-order chi connectivity index (χ0) is 20.5. The number of carbonyl (C=O) groups excluding carboxylic acids is 1. The Morgan fingerprint density at radius 3 is 2.66 bits per heavy atom. The van der Waals surface area contributed by atoms with E-state index in [1.807, 2.05) is 37.1 Å². The molecule has 0 saturated carbocycles. The largest absolute Gasteiger partial charge is 0.481 e. The van der Waals surface area contributed by atoms with Gasteiger partial charge in [0.25, 0.3) is 11.5 Å². The number of aromatic nitrogens is 4. The number of hydrogen-bond donors (Lipinski definition) is 0. The summed E-state index contributed by atoms with van der Waals surface area (Å²) in [7, 11) is 3.43. The minimum absolute atomic E-state index is 0.0146. The Balaban J connectivity index is 1.43. The van der Waals surface area contributed by atoms with E-state index < -0.39 is 0 Å². The molecule has 0 spiro atoms. The molecule has 29 heavy (non-hydrogen) atoms. The Morgan fingerprint density at radius 2 is 1.93 bits per heavy atom. The fourth-order valence-electron chi connectivity index (χ4n) is 3.98. The van der Waals surface area contributed by atoms with Gasteiger partial charge in [-0.15, -0.1) is 0 Å². The van der Waals surface area contributed by atoms with Gasteiger partial charge >= 0.3 is 0 Å². The third-order valence-corrected chi connectivity index (χ3v) is 5.55. The van der Waals surface area contributed by atoms with Crippen molar-refractivity contribution in [2.24, 2.45) is 13.0 Å². The lowest BCUT2D eigenvalue weighted by atomic mass is 9.96. The second-order valence-electron chi connectivity index (χ2n) is 7.60. The van der Waals surface area contributed by atoms with E-state index >= 15 is 0 Å². The van der Waals surface area contributed by atoms with E-state index in [9.17, 15) is 9.59 Å². The van der Waals surface area contributed by atoms with Gasteiger partial charge in [0.2, 0.25) is 5.88 Å². The maximum absolute atomic E-state index is 13.0. The topological polar surface area (TPSA) is 82.2 Å². The Morgan fingerprint density at radius 1 is 1.17 bits per heavy atom. The number of benzene rings is 1. The van der Waals surface area contributed by atoms with E-state index in [2.05, 4.69) is 10.2 Å². The molecule has 0 radical (unpaired) electrons. The predicted octanol–water partition coefficient (Wildman–Crippen LogP) is 2.00. The zero-order valence-electron chi connectivity index (χ0n) is 17.0. The average Bonchev–Trinajstić information content (AvgIpc) is 3.04. The van der Waals surface area contributed by atoms with Crippen LogP contribution >= 0.6 is 0 Å². The first-order valence-electron chi connectivity index (χ1n) is 9.81. The number of nitrogens with zero attached hydrogens (tertiary/aromatic N) is 5. The second kappa shape index (κ2) is 7.69. The minimum Gasteiger partial charge on any atom is -0.481 e. The molecule has 1 saturated heterocycles. The SMILES string of the molecule is COc1c2ccc(C(=O)N3CCC(Cn4nc(C)ccc4=O)CC3)cc2nn1C. The lowest BCUT2D eigenvalue weighted by molar-refractivity contribution is 0.0680. The molecular weight excluding hydrogens is 370 g/mol. The maximum Gasteiger partial charge on any atom is 0.266 e. The summed E-state index contributed by atoms with van der Waals surface area (Å²) in [5.41, 5.74) is 2.13. The number of piperidine rings is 1. The maximum atomic E-state index is 13.0. The molecule has 1 aliphatic heterocycles. The van der Waals surface area contributed by atoms with Crippen LogP contribution in [0.1, 0.15) is 28.9 Å². The molecule has 0 bridgehead atoms. The average molecular weight is 395 g/mol. The molecule has 2 aromatic heterocycles. The fourth-order valence-corrected chi connectivity index (χ4v) is 3.98. The Labute approximate surface area is 168 Å². The molecule has 1 aliphatic rings. The molecule has 3 heterocycles. The molecule has 152 valence electrons. The lowest BCUT2D eigenvalue weighted by Crippen LogP contribution is -2.40. The molecule has 0 aliphatic carbocycles. The number of rotatable bonds is 4. The monoisotopic (exact) mass is 395 g/mol. The van der Waals surface area contributed by atoms with Crippen LogP contribution in [0.15, 0.2) is 35.1 Å². The first kappa shape index (κ1) is 19.2. The van der Waals surface area contributed by atoms with Gasteiger partial charge in [0.15, 0.2) is 0 Å².